The number of nitriles is 1. The number of rotatable bonds is 4. The number of hydrogen-bond donors (Lipinski definition) is 2. The van der Waals surface area contributed by atoms with Crippen LogP contribution < -0.4 is 5.32 Å². The molecule has 5 nitrogen and oxygen atoms in total. The van der Waals surface area contributed by atoms with Gasteiger partial charge in [0, 0.05) is 11.9 Å². The van der Waals surface area contributed by atoms with E-state index in [1.165, 1.54) is 6.07 Å². The van der Waals surface area contributed by atoms with Gasteiger partial charge in [-0.05, 0) is 24.3 Å². The Kier molecular flexibility index (Phi) is 3.74. The fourth-order valence-electron chi connectivity index (χ4n) is 1.61. The summed E-state index contributed by atoms with van der Waals surface area (Å²) in [5.74, 6) is -2.53. The van der Waals surface area contributed by atoms with Crippen LogP contribution in [0.5, 0.6) is 0 Å². The number of aromatic nitrogens is 1. The van der Waals surface area contributed by atoms with Crippen LogP contribution in [0.15, 0.2) is 48.7 Å². The van der Waals surface area contributed by atoms with E-state index in [1.54, 1.807) is 42.6 Å². The van der Waals surface area contributed by atoms with Gasteiger partial charge in [-0.25, -0.2) is 0 Å². The number of Topliss-reactive ketones (excluding diaryl/α,β-unsaturated/α-hetero) is 1. The van der Waals surface area contributed by atoms with Crippen LogP contribution in [0.3, 0.4) is 0 Å². The summed E-state index contributed by atoms with van der Waals surface area (Å²) in [7, 11) is 0. The van der Waals surface area contributed by atoms with Gasteiger partial charge < -0.3 is 10.3 Å². The maximum Gasteiger partial charge on any atom is 0.249 e. The highest BCUT2D eigenvalue weighted by atomic mass is 16.2. The van der Waals surface area contributed by atoms with Gasteiger partial charge in [0.2, 0.25) is 11.7 Å². The molecule has 0 aliphatic carbocycles. The summed E-state index contributed by atoms with van der Waals surface area (Å²) in [5.41, 5.74) is 0.793. The van der Waals surface area contributed by atoms with Crippen molar-refractivity contribution < 1.29 is 9.59 Å². The molecule has 0 saturated carbocycles. The molecule has 1 unspecified atom stereocenters. The first-order chi connectivity index (χ1) is 9.22. The summed E-state index contributed by atoms with van der Waals surface area (Å²) < 4.78 is 0. The van der Waals surface area contributed by atoms with E-state index in [4.69, 9.17) is 5.26 Å². The van der Waals surface area contributed by atoms with Crippen molar-refractivity contribution in [2.75, 3.05) is 5.32 Å². The van der Waals surface area contributed by atoms with Gasteiger partial charge in [0.25, 0.3) is 0 Å². The molecule has 2 aromatic rings. The number of amides is 1. The lowest BCUT2D eigenvalue weighted by Crippen LogP contribution is -2.28. The molecule has 2 N–H and O–H groups in total. The largest absolute Gasteiger partial charge is 0.359 e. The molecule has 2 rings (SSSR count). The van der Waals surface area contributed by atoms with Gasteiger partial charge in [-0.15, -0.1) is 0 Å². The number of benzene rings is 1. The van der Waals surface area contributed by atoms with E-state index in [9.17, 15) is 9.59 Å². The van der Waals surface area contributed by atoms with Crippen LogP contribution in [-0.2, 0) is 4.79 Å². The van der Waals surface area contributed by atoms with Crippen LogP contribution in [0.2, 0.25) is 0 Å². The van der Waals surface area contributed by atoms with Crippen molar-refractivity contribution in [1.82, 2.24) is 4.98 Å². The van der Waals surface area contributed by atoms with Crippen molar-refractivity contribution in [2.45, 2.75) is 0 Å². The van der Waals surface area contributed by atoms with E-state index in [0.29, 0.717) is 5.69 Å². The molecule has 0 bridgehead atoms. The number of H-pyrrole nitrogens is 1. The average molecular weight is 253 g/mol. The van der Waals surface area contributed by atoms with E-state index in [1.807, 2.05) is 6.07 Å². The monoisotopic (exact) mass is 253 g/mol. The minimum absolute atomic E-state index is 0.245. The minimum Gasteiger partial charge on any atom is -0.359 e. The maximum absolute atomic E-state index is 12.0. The van der Waals surface area contributed by atoms with E-state index in [-0.39, 0.29) is 5.69 Å². The predicted octanol–water partition coefficient (Wildman–Crippen LogP) is 1.98. The third-order valence-electron chi connectivity index (χ3n) is 2.56. The number of carbonyl (C=O) groups is 2. The van der Waals surface area contributed by atoms with Crippen molar-refractivity contribution >= 4 is 17.4 Å². The van der Waals surface area contributed by atoms with Crippen LogP contribution in [0.1, 0.15) is 10.5 Å². The Morgan fingerprint density at radius 2 is 1.89 bits per heavy atom. The van der Waals surface area contributed by atoms with Crippen molar-refractivity contribution in [2.24, 2.45) is 5.92 Å². The summed E-state index contributed by atoms with van der Waals surface area (Å²) in [6, 6.07) is 13.6. The molecule has 94 valence electrons. The number of para-hydroxylation sites is 1. The van der Waals surface area contributed by atoms with Crippen LogP contribution in [-0.4, -0.2) is 16.7 Å². The van der Waals surface area contributed by atoms with Gasteiger partial charge in [-0.2, -0.15) is 5.26 Å². The molecule has 0 radical (unpaired) electrons. The van der Waals surface area contributed by atoms with E-state index < -0.39 is 17.6 Å². The topological polar surface area (TPSA) is 85.8 Å². The van der Waals surface area contributed by atoms with Crippen LogP contribution in [0, 0.1) is 17.2 Å². The molecule has 0 aliphatic rings. The Labute approximate surface area is 109 Å². The molecule has 1 atom stereocenters. The predicted molar refractivity (Wildman–Crippen MR) is 69.3 cm³/mol. The lowest BCUT2D eigenvalue weighted by Gasteiger charge is -2.08. The van der Waals surface area contributed by atoms with Crippen LogP contribution in [0.4, 0.5) is 5.69 Å². The van der Waals surface area contributed by atoms with Crippen molar-refractivity contribution in [3.8, 4) is 6.07 Å². The van der Waals surface area contributed by atoms with Gasteiger partial charge in [0.1, 0.15) is 0 Å². The Morgan fingerprint density at radius 1 is 1.16 bits per heavy atom. The number of nitrogens with one attached hydrogen (secondary N) is 2. The molecule has 1 aromatic heterocycles. The van der Waals surface area contributed by atoms with Gasteiger partial charge in [0.05, 0.1) is 11.8 Å². The first-order valence-corrected chi connectivity index (χ1v) is 5.65. The molecule has 1 aromatic carbocycles. The second kappa shape index (κ2) is 5.65. The lowest BCUT2D eigenvalue weighted by atomic mass is 10.0. The summed E-state index contributed by atoms with van der Waals surface area (Å²) in [6.07, 6.45) is 1.57. The number of hydrogen-bond acceptors (Lipinski definition) is 3. The standard InChI is InChI=1S/C14H11N3O2/c15-9-11(13(18)12-7-4-8-16-12)14(19)17-10-5-2-1-3-6-10/h1-8,11,16H,(H,17,19). The van der Waals surface area contributed by atoms with E-state index in [2.05, 4.69) is 10.3 Å². The smallest absolute Gasteiger partial charge is 0.249 e. The Morgan fingerprint density at radius 3 is 2.47 bits per heavy atom. The first kappa shape index (κ1) is 12.6. The lowest BCUT2D eigenvalue weighted by molar-refractivity contribution is -0.117. The fraction of sp³-hybridized carbons (Fsp3) is 0.0714. The van der Waals surface area contributed by atoms with Gasteiger partial charge >= 0.3 is 0 Å². The zero-order valence-electron chi connectivity index (χ0n) is 9.96. The molecule has 19 heavy (non-hydrogen) atoms. The zero-order valence-corrected chi connectivity index (χ0v) is 9.96. The third-order valence-corrected chi connectivity index (χ3v) is 2.56. The Hall–Kier alpha value is -2.87. The van der Waals surface area contributed by atoms with Crippen LogP contribution >= 0.6 is 0 Å². The highest BCUT2D eigenvalue weighted by Crippen LogP contribution is 2.11. The minimum atomic E-state index is -1.36. The normalized spacial score (nSPS) is 11.3. The molecule has 0 spiro atoms. The van der Waals surface area contributed by atoms with Crippen molar-refractivity contribution in [3.63, 3.8) is 0 Å². The number of nitrogens with zero attached hydrogens (tertiary/aromatic N) is 1. The highest BCUT2D eigenvalue weighted by molar-refractivity contribution is 6.14. The molecule has 0 aliphatic heterocycles. The zero-order chi connectivity index (χ0) is 13.7. The molecular weight excluding hydrogens is 242 g/mol. The number of carbonyl (C=O) groups excluding carboxylic acids is 2. The Balaban J connectivity index is 2.13. The number of ketones is 1. The van der Waals surface area contributed by atoms with E-state index in [0.717, 1.165) is 0 Å². The SMILES string of the molecule is N#CC(C(=O)Nc1ccccc1)C(=O)c1ccc[nH]1. The Bertz CT molecular complexity index is 612. The highest BCUT2D eigenvalue weighted by Gasteiger charge is 2.28. The first-order valence-electron chi connectivity index (χ1n) is 5.65. The molecule has 0 saturated heterocycles. The van der Waals surface area contributed by atoms with Gasteiger partial charge in [0.15, 0.2) is 5.92 Å². The third kappa shape index (κ3) is 2.87. The van der Waals surface area contributed by atoms with Crippen molar-refractivity contribution in [3.05, 3.63) is 54.4 Å². The van der Waals surface area contributed by atoms with Crippen LogP contribution in [0.25, 0.3) is 0 Å². The average Bonchev–Trinajstić information content (AvgIpc) is 2.94. The van der Waals surface area contributed by atoms with Crippen molar-refractivity contribution in [1.29, 1.82) is 5.26 Å². The summed E-state index contributed by atoms with van der Waals surface area (Å²) in [5, 5.41) is 11.5. The number of aromatic amines is 1. The van der Waals surface area contributed by atoms with Gasteiger partial charge in [-0.3, -0.25) is 9.59 Å². The van der Waals surface area contributed by atoms with E-state index >= 15 is 0 Å². The second-order valence-corrected chi connectivity index (χ2v) is 3.87. The quantitative estimate of drug-likeness (QED) is 0.645. The fourth-order valence-corrected chi connectivity index (χ4v) is 1.61. The molecule has 0 fully saturated rings. The molecule has 1 heterocycles. The molecule has 5 heteroatoms. The summed E-state index contributed by atoms with van der Waals surface area (Å²) >= 11 is 0. The summed E-state index contributed by atoms with van der Waals surface area (Å²) in [4.78, 5) is 26.6. The summed E-state index contributed by atoms with van der Waals surface area (Å²) in [6.45, 7) is 0. The maximum atomic E-state index is 12.0. The second-order valence-electron chi connectivity index (χ2n) is 3.87. The molecular formula is C14H11N3O2. The number of anilines is 1. The van der Waals surface area contributed by atoms with Gasteiger partial charge in [-0.1, -0.05) is 18.2 Å². The molecule has 1 amide bonds.